The lowest BCUT2D eigenvalue weighted by molar-refractivity contribution is 0.0697. The zero-order valence-electron chi connectivity index (χ0n) is 16.8. The molecule has 29 heavy (non-hydrogen) atoms. The van der Waals surface area contributed by atoms with Crippen LogP contribution in [-0.4, -0.2) is 20.2 Å². The molecule has 5 nitrogen and oxygen atoms in total. The van der Waals surface area contributed by atoms with Crippen molar-refractivity contribution in [2.24, 2.45) is 0 Å². The van der Waals surface area contributed by atoms with Crippen LogP contribution in [0.5, 0.6) is 0 Å². The van der Waals surface area contributed by atoms with Gasteiger partial charge in [-0.1, -0.05) is 61.5 Å². The number of hydrogen-bond acceptors (Lipinski definition) is 2. The number of aryl methyl sites for hydroxylation is 1. The quantitative estimate of drug-likeness (QED) is 0.572. The molecule has 0 spiro atoms. The molecule has 0 aliphatic carbocycles. The van der Waals surface area contributed by atoms with Gasteiger partial charge >= 0.3 is 11.7 Å². The lowest BCUT2D eigenvalue weighted by Gasteiger charge is -2.09. The summed E-state index contributed by atoms with van der Waals surface area (Å²) in [5.74, 6) is -0.942. The molecule has 0 saturated carbocycles. The Kier molecular flexibility index (Phi) is 6.50. The minimum atomic E-state index is -0.942. The van der Waals surface area contributed by atoms with Crippen molar-refractivity contribution >= 4 is 5.97 Å². The van der Waals surface area contributed by atoms with E-state index in [2.05, 4.69) is 6.92 Å². The first kappa shape index (κ1) is 20.4. The van der Waals surface area contributed by atoms with Gasteiger partial charge in [0.05, 0.1) is 12.1 Å². The van der Waals surface area contributed by atoms with Crippen LogP contribution in [-0.2, 0) is 19.5 Å². The molecule has 0 aliphatic rings. The number of carboxylic acid groups (broad SMARTS) is 1. The van der Waals surface area contributed by atoms with Gasteiger partial charge in [-0.15, -0.1) is 0 Å². The van der Waals surface area contributed by atoms with E-state index in [1.165, 1.54) is 0 Å². The Labute approximate surface area is 170 Å². The predicted molar refractivity (Wildman–Crippen MR) is 115 cm³/mol. The summed E-state index contributed by atoms with van der Waals surface area (Å²) in [6.45, 7) is 5.23. The van der Waals surface area contributed by atoms with Gasteiger partial charge in [0.15, 0.2) is 0 Å². The second-order valence-electron chi connectivity index (χ2n) is 7.00. The van der Waals surface area contributed by atoms with Crippen LogP contribution >= 0.6 is 0 Å². The second kappa shape index (κ2) is 9.24. The molecule has 0 saturated heterocycles. The Morgan fingerprint density at radius 1 is 1.10 bits per heavy atom. The molecule has 0 amide bonds. The lowest BCUT2D eigenvalue weighted by atomic mass is 9.99. The van der Waals surface area contributed by atoms with E-state index in [1.807, 2.05) is 66.2 Å². The Hall–Kier alpha value is -3.34. The van der Waals surface area contributed by atoms with E-state index in [0.717, 1.165) is 23.2 Å². The van der Waals surface area contributed by atoms with Crippen molar-refractivity contribution in [1.29, 1.82) is 0 Å². The first-order valence-electron chi connectivity index (χ1n) is 9.86. The average molecular weight is 390 g/mol. The van der Waals surface area contributed by atoms with E-state index in [1.54, 1.807) is 16.7 Å². The minimum Gasteiger partial charge on any atom is -0.478 e. The molecule has 0 radical (unpaired) electrons. The van der Waals surface area contributed by atoms with Crippen LogP contribution in [0.25, 0.3) is 11.1 Å². The topological polar surface area (TPSA) is 64.2 Å². The van der Waals surface area contributed by atoms with Crippen LogP contribution < -0.4 is 5.69 Å². The zero-order chi connectivity index (χ0) is 20.8. The Morgan fingerprint density at radius 3 is 2.48 bits per heavy atom. The van der Waals surface area contributed by atoms with Gasteiger partial charge in [-0.25, -0.2) is 9.59 Å². The summed E-state index contributed by atoms with van der Waals surface area (Å²) in [5, 5.41) is 9.41. The fourth-order valence-electron chi connectivity index (χ4n) is 3.45. The number of imidazole rings is 1. The van der Waals surface area contributed by atoms with Crippen molar-refractivity contribution < 1.29 is 9.90 Å². The van der Waals surface area contributed by atoms with Crippen molar-refractivity contribution in [2.75, 3.05) is 0 Å². The van der Waals surface area contributed by atoms with E-state index in [0.29, 0.717) is 25.1 Å². The van der Waals surface area contributed by atoms with Gasteiger partial charge in [-0.3, -0.25) is 9.13 Å². The van der Waals surface area contributed by atoms with E-state index in [9.17, 15) is 14.7 Å². The first-order valence-corrected chi connectivity index (χ1v) is 9.86. The number of benzene rings is 2. The van der Waals surface area contributed by atoms with Crippen molar-refractivity contribution in [3.63, 3.8) is 0 Å². The van der Waals surface area contributed by atoms with Gasteiger partial charge in [0.1, 0.15) is 0 Å². The third kappa shape index (κ3) is 4.57. The highest BCUT2D eigenvalue weighted by molar-refractivity contribution is 5.95. The number of aromatic carboxylic acids is 1. The summed E-state index contributed by atoms with van der Waals surface area (Å²) >= 11 is 0. The largest absolute Gasteiger partial charge is 0.478 e. The fourth-order valence-corrected chi connectivity index (χ4v) is 3.45. The molecular weight excluding hydrogens is 364 g/mol. The van der Waals surface area contributed by atoms with Crippen molar-refractivity contribution in [2.45, 2.75) is 39.8 Å². The summed E-state index contributed by atoms with van der Waals surface area (Å²) in [7, 11) is 0. The van der Waals surface area contributed by atoms with Crippen LogP contribution in [0.2, 0.25) is 0 Å². The monoisotopic (exact) mass is 390 g/mol. The van der Waals surface area contributed by atoms with Crippen molar-refractivity contribution in [1.82, 2.24) is 9.13 Å². The van der Waals surface area contributed by atoms with E-state index < -0.39 is 5.97 Å². The molecule has 0 aliphatic heterocycles. The minimum absolute atomic E-state index is 0.00616. The number of hydrogen-bond donors (Lipinski definition) is 1. The maximum Gasteiger partial charge on any atom is 0.336 e. The molecule has 0 fully saturated rings. The van der Waals surface area contributed by atoms with Crippen LogP contribution in [0.4, 0.5) is 0 Å². The van der Waals surface area contributed by atoms with Crippen LogP contribution in [0.15, 0.2) is 71.7 Å². The summed E-state index contributed by atoms with van der Waals surface area (Å²) in [4.78, 5) is 24.3. The van der Waals surface area contributed by atoms with E-state index >= 15 is 0 Å². The highest BCUT2D eigenvalue weighted by Gasteiger charge is 2.13. The predicted octanol–water partition coefficient (Wildman–Crippen LogP) is 4.59. The third-order valence-corrected chi connectivity index (χ3v) is 4.92. The molecule has 3 rings (SSSR count). The van der Waals surface area contributed by atoms with Crippen LogP contribution in [0, 0.1) is 0 Å². The fraction of sp³-hybridized carbons (Fsp3) is 0.250. The first-order chi connectivity index (χ1) is 14.0. The zero-order valence-corrected chi connectivity index (χ0v) is 16.8. The molecule has 3 aromatic rings. The standard InChI is InChI=1S/C24H26N2O3/c1-3-5-8-20-17-25(15-4-2)24(29)26(20)16-18-11-13-19(14-12-18)21-9-6-7-10-22(21)23(27)28/h3,5-7,9-14,17H,4,8,15-16H2,1-2H3,(H,27,28). The maximum atomic E-state index is 12.8. The molecule has 0 atom stereocenters. The molecule has 150 valence electrons. The summed E-state index contributed by atoms with van der Waals surface area (Å²) < 4.78 is 3.59. The van der Waals surface area contributed by atoms with Gasteiger partial charge < -0.3 is 5.11 Å². The van der Waals surface area contributed by atoms with E-state index in [-0.39, 0.29) is 11.3 Å². The molecular formula is C24H26N2O3. The van der Waals surface area contributed by atoms with Gasteiger partial charge in [-0.2, -0.15) is 0 Å². The SMILES string of the molecule is CC=CCc1cn(CCC)c(=O)n1Cc1ccc(-c2ccccc2C(=O)O)cc1. The molecule has 0 unspecified atom stereocenters. The van der Waals surface area contributed by atoms with Crippen molar-refractivity contribution in [3.05, 3.63) is 94.2 Å². The summed E-state index contributed by atoms with van der Waals surface area (Å²) in [6, 6.07) is 14.7. The molecule has 2 aromatic carbocycles. The average Bonchev–Trinajstić information content (AvgIpc) is 3.02. The summed E-state index contributed by atoms with van der Waals surface area (Å²) in [5.41, 5.74) is 3.80. The van der Waals surface area contributed by atoms with Gasteiger partial charge in [0.25, 0.3) is 0 Å². The number of aromatic nitrogens is 2. The summed E-state index contributed by atoms with van der Waals surface area (Å²) in [6.07, 6.45) is 7.61. The van der Waals surface area contributed by atoms with Crippen molar-refractivity contribution in [3.8, 4) is 11.1 Å². The maximum absolute atomic E-state index is 12.8. The van der Waals surface area contributed by atoms with Gasteiger partial charge in [0, 0.05) is 24.9 Å². The van der Waals surface area contributed by atoms with Crippen LogP contribution in [0.1, 0.15) is 41.9 Å². The van der Waals surface area contributed by atoms with E-state index in [4.69, 9.17) is 0 Å². The molecule has 1 N–H and O–H groups in total. The number of rotatable bonds is 8. The Morgan fingerprint density at radius 2 is 1.83 bits per heavy atom. The third-order valence-electron chi connectivity index (χ3n) is 4.92. The highest BCUT2D eigenvalue weighted by atomic mass is 16.4. The molecule has 1 heterocycles. The Balaban J connectivity index is 1.91. The highest BCUT2D eigenvalue weighted by Crippen LogP contribution is 2.24. The Bertz CT molecular complexity index is 1070. The molecule has 1 aromatic heterocycles. The normalized spacial score (nSPS) is 11.2. The van der Waals surface area contributed by atoms with Crippen LogP contribution in [0.3, 0.4) is 0 Å². The smallest absolute Gasteiger partial charge is 0.336 e. The number of nitrogens with zero attached hydrogens (tertiary/aromatic N) is 2. The van der Waals surface area contributed by atoms with Gasteiger partial charge in [-0.05, 0) is 36.1 Å². The number of carboxylic acids is 1. The number of carbonyl (C=O) groups is 1. The molecule has 0 bridgehead atoms. The lowest BCUT2D eigenvalue weighted by Crippen LogP contribution is -2.25. The number of allylic oxidation sites excluding steroid dienone is 2. The molecule has 5 heteroatoms. The van der Waals surface area contributed by atoms with Gasteiger partial charge in [0.2, 0.25) is 0 Å². The second-order valence-corrected chi connectivity index (χ2v) is 7.00.